The van der Waals surface area contributed by atoms with Crippen LogP contribution in [0.15, 0.2) is 0 Å². The summed E-state index contributed by atoms with van der Waals surface area (Å²) in [6, 6.07) is 0. The molecule has 5 heteroatoms. The first-order valence-corrected chi connectivity index (χ1v) is 7.11. The van der Waals surface area contributed by atoms with Gasteiger partial charge in [-0.25, -0.2) is 9.97 Å². The number of hydrogen-bond donors (Lipinski definition) is 1. The second-order valence-corrected chi connectivity index (χ2v) is 4.95. The average molecular weight is 264 g/mol. The molecule has 0 saturated carbocycles. The van der Waals surface area contributed by atoms with Gasteiger partial charge in [-0.15, -0.1) is 0 Å². The van der Waals surface area contributed by atoms with Gasteiger partial charge >= 0.3 is 0 Å². The van der Waals surface area contributed by atoms with Crippen LogP contribution in [0, 0.1) is 13.8 Å². The Bertz CT molecular complexity index is 436. The summed E-state index contributed by atoms with van der Waals surface area (Å²) < 4.78 is 5.73. The molecule has 2 rings (SSSR count). The number of nitrogens with one attached hydrogen (secondary N) is 1. The van der Waals surface area contributed by atoms with Crippen molar-refractivity contribution in [1.82, 2.24) is 9.97 Å². The summed E-state index contributed by atoms with van der Waals surface area (Å²) in [7, 11) is 0. The minimum Gasteiger partial charge on any atom is -0.375 e. The van der Waals surface area contributed by atoms with E-state index in [-0.39, 0.29) is 0 Å². The molecule has 1 fully saturated rings. The van der Waals surface area contributed by atoms with Gasteiger partial charge in [-0.05, 0) is 27.2 Å². The van der Waals surface area contributed by atoms with Gasteiger partial charge in [-0.2, -0.15) is 0 Å². The first-order valence-electron chi connectivity index (χ1n) is 7.11. The van der Waals surface area contributed by atoms with Crippen LogP contribution in [-0.2, 0) is 4.74 Å². The van der Waals surface area contributed by atoms with Crippen LogP contribution >= 0.6 is 0 Å². The third-order valence-corrected chi connectivity index (χ3v) is 3.47. The van der Waals surface area contributed by atoms with Gasteiger partial charge in [0.05, 0.1) is 12.7 Å². The lowest BCUT2D eigenvalue weighted by molar-refractivity contribution is 0.0381. The van der Waals surface area contributed by atoms with Gasteiger partial charge < -0.3 is 15.0 Å². The van der Waals surface area contributed by atoms with Gasteiger partial charge in [-0.1, -0.05) is 6.92 Å². The van der Waals surface area contributed by atoms with E-state index in [0.717, 1.165) is 55.7 Å². The van der Waals surface area contributed by atoms with E-state index in [1.165, 1.54) is 0 Å². The largest absolute Gasteiger partial charge is 0.375 e. The quantitative estimate of drug-likeness (QED) is 0.903. The summed E-state index contributed by atoms with van der Waals surface area (Å²) in [5, 5.41) is 3.31. The zero-order valence-electron chi connectivity index (χ0n) is 12.4. The highest BCUT2D eigenvalue weighted by Crippen LogP contribution is 2.25. The third-order valence-electron chi connectivity index (χ3n) is 3.47. The monoisotopic (exact) mass is 264 g/mol. The lowest BCUT2D eigenvalue weighted by Gasteiger charge is -2.34. The van der Waals surface area contributed by atoms with Crippen LogP contribution in [0.4, 0.5) is 11.6 Å². The molecule has 0 amide bonds. The molecule has 106 valence electrons. The molecule has 19 heavy (non-hydrogen) atoms. The Balaban J connectivity index is 2.27. The fraction of sp³-hybridized carbons (Fsp3) is 0.714. The smallest absolute Gasteiger partial charge is 0.137 e. The lowest BCUT2D eigenvalue weighted by Crippen LogP contribution is -2.43. The molecule has 0 bridgehead atoms. The predicted octanol–water partition coefficient (Wildman–Crippen LogP) is 2.14. The maximum absolute atomic E-state index is 5.73. The molecular formula is C14H24N4O. The van der Waals surface area contributed by atoms with Crippen molar-refractivity contribution in [3.63, 3.8) is 0 Å². The van der Waals surface area contributed by atoms with E-state index in [1.54, 1.807) is 0 Å². The van der Waals surface area contributed by atoms with Gasteiger partial charge in [0.2, 0.25) is 0 Å². The number of anilines is 2. The molecule has 1 aliphatic heterocycles. The SMILES string of the molecule is CCNc1nc(C)nc(N2CCOC(CC)C2)c1C. The van der Waals surface area contributed by atoms with Gasteiger partial charge in [0.15, 0.2) is 0 Å². The van der Waals surface area contributed by atoms with Crippen molar-refractivity contribution in [1.29, 1.82) is 0 Å². The first-order chi connectivity index (χ1) is 9.15. The number of aromatic nitrogens is 2. The molecule has 0 radical (unpaired) electrons. The Labute approximate surface area is 115 Å². The van der Waals surface area contributed by atoms with Crippen molar-refractivity contribution in [3.8, 4) is 0 Å². The molecule has 0 spiro atoms. The van der Waals surface area contributed by atoms with Gasteiger partial charge in [-0.3, -0.25) is 0 Å². The molecule has 1 unspecified atom stereocenters. The van der Waals surface area contributed by atoms with E-state index >= 15 is 0 Å². The predicted molar refractivity (Wildman–Crippen MR) is 77.9 cm³/mol. The van der Waals surface area contributed by atoms with Crippen LogP contribution in [0.3, 0.4) is 0 Å². The van der Waals surface area contributed by atoms with Crippen LogP contribution in [0.2, 0.25) is 0 Å². The maximum atomic E-state index is 5.73. The summed E-state index contributed by atoms with van der Waals surface area (Å²) in [5.74, 6) is 2.81. The van der Waals surface area contributed by atoms with Crippen LogP contribution in [0.25, 0.3) is 0 Å². The third kappa shape index (κ3) is 3.15. The van der Waals surface area contributed by atoms with Crippen LogP contribution in [0.1, 0.15) is 31.7 Å². The Morgan fingerprint density at radius 1 is 1.32 bits per heavy atom. The van der Waals surface area contributed by atoms with E-state index in [2.05, 4.69) is 41.0 Å². The molecule has 1 aromatic rings. The molecule has 1 atom stereocenters. The standard InChI is InChI=1S/C14H24N4O/c1-5-12-9-18(7-8-19-12)14-10(3)13(15-6-2)16-11(4)17-14/h12H,5-9H2,1-4H3,(H,15,16,17). The number of morpholine rings is 1. The molecule has 0 aromatic carbocycles. The average Bonchev–Trinajstić information content (AvgIpc) is 2.43. The Kier molecular flexibility index (Phi) is 4.58. The van der Waals surface area contributed by atoms with Gasteiger partial charge in [0, 0.05) is 25.2 Å². The second-order valence-electron chi connectivity index (χ2n) is 4.95. The van der Waals surface area contributed by atoms with Crippen molar-refractivity contribution < 1.29 is 4.74 Å². The van der Waals surface area contributed by atoms with Crippen molar-refractivity contribution in [2.24, 2.45) is 0 Å². The minimum absolute atomic E-state index is 0.311. The zero-order chi connectivity index (χ0) is 13.8. The summed E-state index contributed by atoms with van der Waals surface area (Å²) in [6.45, 7) is 11.7. The molecule has 1 aliphatic rings. The van der Waals surface area contributed by atoms with Crippen molar-refractivity contribution in [2.75, 3.05) is 36.5 Å². The molecule has 1 N–H and O–H groups in total. The fourth-order valence-corrected chi connectivity index (χ4v) is 2.42. The summed E-state index contributed by atoms with van der Waals surface area (Å²) >= 11 is 0. The summed E-state index contributed by atoms with van der Waals surface area (Å²) in [4.78, 5) is 11.4. The Morgan fingerprint density at radius 3 is 2.79 bits per heavy atom. The van der Waals surface area contributed by atoms with Crippen LogP contribution in [0.5, 0.6) is 0 Å². The summed E-state index contributed by atoms with van der Waals surface area (Å²) in [5.41, 5.74) is 1.13. The normalized spacial score (nSPS) is 19.6. The number of hydrogen-bond acceptors (Lipinski definition) is 5. The van der Waals surface area contributed by atoms with Crippen molar-refractivity contribution in [2.45, 2.75) is 40.2 Å². The first kappa shape index (κ1) is 14.1. The molecule has 1 saturated heterocycles. The zero-order valence-corrected chi connectivity index (χ0v) is 12.4. The maximum Gasteiger partial charge on any atom is 0.137 e. The Hall–Kier alpha value is -1.36. The number of nitrogens with zero attached hydrogens (tertiary/aromatic N) is 3. The highest BCUT2D eigenvalue weighted by atomic mass is 16.5. The number of ether oxygens (including phenoxy) is 1. The van der Waals surface area contributed by atoms with E-state index in [1.807, 2.05) is 6.92 Å². The molecular weight excluding hydrogens is 240 g/mol. The molecule has 5 nitrogen and oxygen atoms in total. The van der Waals surface area contributed by atoms with E-state index in [0.29, 0.717) is 6.10 Å². The fourth-order valence-electron chi connectivity index (χ4n) is 2.42. The summed E-state index contributed by atoms with van der Waals surface area (Å²) in [6.07, 6.45) is 1.35. The molecule has 0 aliphatic carbocycles. The molecule has 1 aromatic heterocycles. The van der Waals surface area contributed by atoms with E-state index < -0.39 is 0 Å². The minimum atomic E-state index is 0.311. The van der Waals surface area contributed by atoms with E-state index in [4.69, 9.17) is 4.74 Å². The van der Waals surface area contributed by atoms with Crippen molar-refractivity contribution in [3.05, 3.63) is 11.4 Å². The Morgan fingerprint density at radius 2 is 2.11 bits per heavy atom. The van der Waals surface area contributed by atoms with Gasteiger partial charge in [0.25, 0.3) is 0 Å². The molecule has 2 heterocycles. The highest BCUT2D eigenvalue weighted by Gasteiger charge is 2.22. The topological polar surface area (TPSA) is 50.3 Å². The van der Waals surface area contributed by atoms with E-state index in [9.17, 15) is 0 Å². The van der Waals surface area contributed by atoms with Crippen LogP contribution in [-0.4, -0.2) is 42.3 Å². The van der Waals surface area contributed by atoms with Gasteiger partial charge in [0.1, 0.15) is 17.5 Å². The second kappa shape index (κ2) is 6.19. The van der Waals surface area contributed by atoms with Crippen molar-refractivity contribution >= 4 is 11.6 Å². The highest BCUT2D eigenvalue weighted by molar-refractivity contribution is 5.58. The lowest BCUT2D eigenvalue weighted by atomic mass is 10.2. The van der Waals surface area contributed by atoms with Crippen LogP contribution < -0.4 is 10.2 Å². The number of rotatable bonds is 4. The number of aryl methyl sites for hydroxylation is 1.